The molecule has 2 heteroatoms. The van der Waals surface area contributed by atoms with E-state index in [1.807, 2.05) is 0 Å². The van der Waals surface area contributed by atoms with Gasteiger partial charge in [0.15, 0.2) is 0 Å². The van der Waals surface area contributed by atoms with Crippen molar-refractivity contribution in [1.82, 2.24) is 0 Å². The molecule has 0 radical (unpaired) electrons. The lowest BCUT2D eigenvalue weighted by Gasteiger charge is -2.30. The molecule has 0 aliphatic rings. The summed E-state index contributed by atoms with van der Waals surface area (Å²) >= 11 is 3.51. The largest absolute Gasteiger partial charge is 0.328 e. The van der Waals surface area contributed by atoms with Crippen molar-refractivity contribution in [2.45, 2.75) is 96.8 Å². The number of alkyl halides is 1. The molecule has 0 aromatic rings. The van der Waals surface area contributed by atoms with E-state index >= 15 is 0 Å². The lowest BCUT2D eigenvalue weighted by molar-refractivity contribution is -0.890. The number of quaternary nitrogens is 1. The molecule has 0 N–H and O–H groups in total. The Bertz CT molecular complexity index is 216. The van der Waals surface area contributed by atoms with Crippen LogP contribution in [0.4, 0.5) is 0 Å². The fourth-order valence-electron chi connectivity index (χ4n) is 3.13. The Morgan fingerprint density at radius 1 is 0.545 bits per heavy atom. The Hall–Kier alpha value is 0.440. The molecule has 0 aliphatic carbocycles. The highest BCUT2D eigenvalue weighted by Gasteiger charge is 2.13. The maximum absolute atomic E-state index is 3.51. The summed E-state index contributed by atoms with van der Waals surface area (Å²) in [6.45, 7) is 5.03. The molecule has 0 aliphatic heterocycles. The minimum absolute atomic E-state index is 1.17. The molecule has 0 aromatic carbocycles. The van der Waals surface area contributed by atoms with Crippen LogP contribution in [0.3, 0.4) is 0 Å². The van der Waals surface area contributed by atoms with Crippen LogP contribution in [0.25, 0.3) is 0 Å². The van der Waals surface area contributed by atoms with Crippen LogP contribution in [0.15, 0.2) is 0 Å². The molecule has 0 aromatic heterocycles. The van der Waals surface area contributed by atoms with E-state index in [0.29, 0.717) is 0 Å². The average Bonchev–Trinajstić information content (AvgIpc) is 2.49. The zero-order chi connectivity index (χ0) is 16.5. The molecule has 0 saturated heterocycles. The van der Waals surface area contributed by atoms with E-state index in [2.05, 4.69) is 36.9 Å². The molecule has 0 atom stereocenters. The van der Waals surface area contributed by atoms with Crippen molar-refractivity contribution in [1.29, 1.82) is 0 Å². The van der Waals surface area contributed by atoms with Crippen molar-refractivity contribution >= 4 is 15.9 Å². The Morgan fingerprint density at radius 3 is 1.32 bits per heavy atom. The average molecular weight is 377 g/mol. The first-order valence-corrected chi connectivity index (χ1v) is 11.1. The molecule has 0 amide bonds. The molecule has 0 heterocycles. The molecule has 0 spiro atoms. The summed E-state index contributed by atoms with van der Waals surface area (Å²) in [5.74, 6) is 0. The highest BCUT2D eigenvalue weighted by Crippen LogP contribution is 2.12. The van der Waals surface area contributed by atoms with Crippen molar-refractivity contribution in [3.8, 4) is 0 Å². The Morgan fingerprint density at radius 2 is 0.909 bits per heavy atom. The number of hydrogen-bond donors (Lipinski definition) is 0. The first-order valence-electron chi connectivity index (χ1n) is 10.0. The number of nitrogens with zero attached hydrogens (tertiary/aromatic N) is 1. The van der Waals surface area contributed by atoms with E-state index in [4.69, 9.17) is 0 Å². The van der Waals surface area contributed by atoms with Gasteiger partial charge < -0.3 is 4.48 Å². The highest BCUT2D eigenvalue weighted by molar-refractivity contribution is 9.09. The fraction of sp³-hybridized carbons (Fsp3) is 1.00. The minimum Gasteiger partial charge on any atom is -0.328 e. The Labute approximate surface area is 150 Å². The Balaban J connectivity index is 3.30. The molecule has 0 saturated carbocycles. The van der Waals surface area contributed by atoms with Crippen LogP contribution < -0.4 is 0 Å². The predicted molar refractivity (Wildman–Crippen MR) is 106 cm³/mol. The maximum Gasteiger partial charge on any atom is 0.0782 e. The second-order valence-electron chi connectivity index (χ2n) is 7.67. The molecule has 0 unspecified atom stereocenters. The van der Waals surface area contributed by atoms with Crippen molar-refractivity contribution in [2.24, 2.45) is 0 Å². The summed E-state index contributed by atoms with van der Waals surface area (Å²) < 4.78 is 1.23. The van der Waals surface area contributed by atoms with Gasteiger partial charge in [0.1, 0.15) is 0 Å². The first-order chi connectivity index (χ1) is 10.6. The summed E-state index contributed by atoms with van der Waals surface area (Å²) in [5, 5.41) is 1.17. The number of hydrogen-bond acceptors (Lipinski definition) is 0. The van der Waals surface area contributed by atoms with Gasteiger partial charge in [0.25, 0.3) is 0 Å². The molecule has 1 nitrogen and oxygen atoms in total. The molecule has 0 rings (SSSR count). The lowest BCUT2D eigenvalue weighted by atomic mass is 10.1. The second-order valence-corrected chi connectivity index (χ2v) is 8.46. The van der Waals surface area contributed by atoms with Gasteiger partial charge in [-0.3, -0.25) is 0 Å². The van der Waals surface area contributed by atoms with E-state index in [9.17, 15) is 0 Å². The van der Waals surface area contributed by atoms with Crippen molar-refractivity contribution in [3.05, 3.63) is 0 Å². The predicted octanol–water partition coefficient (Wildman–Crippen LogP) is 6.94. The van der Waals surface area contributed by atoms with E-state index in [0.717, 1.165) is 0 Å². The number of halogens is 1. The molecular weight excluding hydrogens is 334 g/mol. The first kappa shape index (κ1) is 22.4. The third-order valence-electron chi connectivity index (χ3n) is 4.76. The Kier molecular flexibility index (Phi) is 16.6. The maximum atomic E-state index is 3.51. The van der Waals surface area contributed by atoms with Gasteiger partial charge in [-0.05, 0) is 32.1 Å². The second kappa shape index (κ2) is 16.3. The van der Waals surface area contributed by atoms with Gasteiger partial charge in [-0.2, -0.15) is 0 Å². The number of rotatable bonds is 17. The summed E-state index contributed by atoms with van der Waals surface area (Å²) in [5.41, 5.74) is 0. The summed E-state index contributed by atoms with van der Waals surface area (Å²) in [7, 11) is 4.83. The zero-order valence-corrected chi connectivity index (χ0v) is 17.4. The monoisotopic (exact) mass is 376 g/mol. The summed E-state index contributed by atoms with van der Waals surface area (Å²) in [4.78, 5) is 0. The fourth-order valence-corrected chi connectivity index (χ4v) is 3.52. The van der Waals surface area contributed by atoms with Crippen LogP contribution in [-0.2, 0) is 0 Å². The minimum atomic E-state index is 1.17. The van der Waals surface area contributed by atoms with Gasteiger partial charge in [0.2, 0.25) is 0 Å². The van der Waals surface area contributed by atoms with Crippen LogP contribution in [0, 0.1) is 0 Å². The van der Waals surface area contributed by atoms with E-state index in [1.165, 1.54) is 113 Å². The molecular formula is C20H43BrN+. The van der Waals surface area contributed by atoms with E-state index < -0.39 is 0 Å². The van der Waals surface area contributed by atoms with Crippen LogP contribution in [0.1, 0.15) is 96.8 Å². The smallest absolute Gasteiger partial charge is 0.0782 e. The van der Waals surface area contributed by atoms with Crippen molar-refractivity contribution in [3.63, 3.8) is 0 Å². The third-order valence-corrected chi connectivity index (χ3v) is 5.32. The van der Waals surface area contributed by atoms with Gasteiger partial charge in [-0.25, -0.2) is 0 Å². The van der Waals surface area contributed by atoms with Crippen LogP contribution in [0.2, 0.25) is 0 Å². The van der Waals surface area contributed by atoms with Gasteiger partial charge in [0.05, 0.1) is 27.2 Å². The van der Waals surface area contributed by atoms with Crippen LogP contribution in [-0.4, -0.2) is 37.0 Å². The third kappa shape index (κ3) is 16.8. The van der Waals surface area contributed by atoms with Crippen molar-refractivity contribution in [2.75, 3.05) is 32.5 Å². The topological polar surface area (TPSA) is 0 Å². The molecule has 0 bridgehead atoms. The standard InChI is InChI=1S/C20H43BrN/c1-4-5-6-7-8-9-10-11-13-16-19-22(2,3)20-17-14-12-15-18-21/h4-20H2,1-3H3/q+1. The van der Waals surface area contributed by atoms with Crippen molar-refractivity contribution < 1.29 is 4.48 Å². The van der Waals surface area contributed by atoms with Crippen LogP contribution in [0.5, 0.6) is 0 Å². The van der Waals surface area contributed by atoms with E-state index in [-0.39, 0.29) is 0 Å². The summed E-state index contributed by atoms with van der Waals surface area (Å²) in [6, 6.07) is 0. The number of unbranched alkanes of at least 4 members (excludes halogenated alkanes) is 12. The molecule has 134 valence electrons. The highest BCUT2D eigenvalue weighted by atomic mass is 79.9. The van der Waals surface area contributed by atoms with Gasteiger partial charge in [0, 0.05) is 5.33 Å². The van der Waals surface area contributed by atoms with Gasteiger partial charge in [-0.15, -0.1) is 0 Å². The molecule has 22 heavy (non-hydrogen) atoms. The van der Waals surface area contributed by atoms with Gasteiger partial charge >= 0.3 is 0 Å². The SMILES string of the molecule is CCCCCCCCCCCC[N+](C)(C)CCCCCCBr. The van der Waals surface area contributed by atoms with E-state index in [1.54, 1.807) is 0 Å². The normalized spacial score (nSPS) is 12.0. The van der Waals surface area contributed by atoms with Crippen LogP contribution >= 0.6 is 15.9 Å². The quantitative estimate of drug-likeness (QED) is 0.146. The lowest BCUT2D eigenvalue weighted by Crippen LogP contribution is -2.41. The van der Waals surface area contributed by atoms with Gasteiger partial charge in [-0.1, -0.05) is 80.6 Å². The zero-order valence-electron chi connectivity index (χ0n) is 15.8. The molecule has 0 fully saturated rings. The summed E-state index contributed by atoms with van der Waals surface area (Å²) in [6.07, 6.45) is 20.0.